The number of aryl methyl sites for hydroxylation is 1. The van der Waals surface area contributed by atoms with Gasteiger partial charge in [-0.1, -0.05) is 12.1 Å². The summed E-state index contributed by atoms with van der Waals surface area (Å²) in [7, 11) is 1.54. The summed E-state index contributed by atoms with van der Waals surface area (Å²) in [6.07, 6.45) is 0. The van der Waals surface area contributed by atoms with Crippen LogP contribution in [0.3, 0.4) is 0 Å². The molecule has 0 radical (unpaired) electrons. The van der Waals surface area contributed by atoms with E-state index in [9.17, 15) is 4.79 Å². The first-order valence-corrected chi connectivity index (χ1v) is 10.1. The molecule has 0 saturated heterocycles. The van der Waals surface area contributed by atoms with Crippen LogP contribution < -0.4 is 15.4 Å². The molecule has 162 valence electrons. The minimum atomic E-state index is -0.232. The van der Waals surface area contributed by atoms with Crippen molar-refractivity contribution in [2.75, 3.05) is 17.7 Å². The summed E-state index contributed by atoms with van der Waals surface area (Å²) >= 11 is 0. The van der Waals surface area contributed by atoms with Gasteiger partial charge in [0.25, 0.3) is 5.91 Å². The fourth-order valence-corrected chi connectivity index (χ4v) is 3.26. The lowest BCUT2D eigenvalue weighted by molar-refractivity contribution is 0.102. The molecule has 4 aromatic rings. The minimum Gasteiger partial charge on any atom is -0.496 e. The number of benzene rings is 2. The third kappa shape index (κ3) is 4.29. The summed E-state index contributed by atoms with van der Waals surface area (Å²) in [5.74, 6) is 1.57. The molecule has 2 heterocycles. The van der Waals surface area contributed by atoms with Crippen LogP contribution in [0.4, 0.5) is 17.2 Å². The second kappa shape index (κ2) is 8.89. The van der Waals surface area contributed by atoms with E-state index in [-0.39, 0.29) is 5.91 Å². The van der Waals surface area contributed by atoms with E-state index < -0.39 is 0 Å². The first-order valence-electron chi connectivity index (χ1n) is 10.1. The highest BCUT2D eigenvalue weighted by Gasteiger charge is 2.12. The van der Waals surface area contributed by atoms with Crippen LogP contribution in [0.2, 0.25) is 0 Å². The first kappa shape index (κ1) is 21.0. The van der Waals surface area contributed by atoms with Crippen molar-refractivity contribution in [2.45, 2.75) is 20.8 Å². The van der Waals surface area contributed by atoms with Crippen molar-refractivity contribution in [3.8, 4) is 11.6 Å². The van der Waals surface area contributed by atoms with E-state index in [0.717, 1.165) is 22.6 Å². The molecule has 8 heteroatoms. The molecule has 2 aromatic carbocycles. The minimum absolute atomic E-state index is 0.232. The van der Waals surface area contributed by atoms with Gasteiger partial charge in [-0.05, 0) is 74.9 Å². The van der Waals surface area contributed by atoms with Gasteiger partial charge in [-0.15, -0.1) is 10.2 Å². The van der Waals surface area contributed by atoms with Gasteiger partial charge in [-0.25, -0.2) is 4.68 Å². The quantitative estimate of drug-likeness (QED) is 0.466. The Bertz CT molecular complexity index is 1250. The predicted octanol–water partition coefficient (Wildman–Crippen LogP) is 4.59. The van der Waals surface area contributed by atoms with E-state index in [4.69, 9.17) is 4.74 Å². The molecule has 0 unspecified atom stereocenters. The van der Waals surface area contributed by atoms with E-state index in [1.807, 2.05) is 63.2 Å². The van der Waals surface area contributed by atoms with Gasteiger partial charge in [0.2, 0.25) is 0 Å². The third-order valence-corrected chi connectivity index (χ3v) is 5.29. The van der Waals surface area contributed by atoms with Crippen molar-refractivity contribution < 1.29 is 9.53 Å². The Labute approximate surface area is 186 Å². The van der Waals surface area contributed by atoms with Crippen molar-refractivity contribution in [1.29, 1.82) is 0 Å². The molecule has 32 heavy (non-hydrogen) atoms. The average molecular weight is 428 g/mol. The van der Waals surface area contributed by atoms with Crippen molar-refractivity contribution >= 4 is 23.1 Å². The molecule has 0 aliphatic rings. The number of amides is 1. The maximum Gasteiger partial charge on any atom is 0.259 e. The average Bonchev–Trinajstić information content (AvgIpc) is 3.08. The van der Waals surface area contributed by atoms with Crippen LogP contribution in [-0.2, 0) is 0 Å². The predicted molar refractivity (Wildman–Crippen MR) is 124 cm³/mol. The van der Waals surface area contributed by atoms with Crippen LogP contribution in [0.5, 0.6) is 5.75 Å². The zero-order valence-electron chi connectivity index (χ0n) is 18.4. The molecule has 2 aromatic heterocycles. The molecule has 0 spiro atoms. The number of rotatable bonds is 6. The smallest absolute Gasteiger partial charge is 0.259 e. The molecule has 2 N–H and O–H groups in total. The van der Waals surface area contributed by atoms with Crippen LogP contribution in [0, 0.1) is 20.8 Å². The molecule has 0 aliphatic heterocycles. The van der Waals surface area contributed by atoms with Crippen LogP contribution in [0.25, 0.3) is 5.82 Å². The fraction of sp³-hybridized carbons (Fsp3) is 0.167. The molecule has 0 atom stereocenters. The van der Waals surface area contributed by atoms with E-state index in [2.05, 4.69) is 25.9 Å². The highest BCUT2D eigenvalue weighted by Crippen LogP contribution is 2.22. The maximum atomic E-state index is 12.5. The van der Waals surface area contributed by atoms with Crippen molar-refractivity contribution in [3.63, 3.8) is 0 Å². The SMILES string of the molecule is COc1ccccc1C(=O)Nc1ccc(Nc2ccc(-n3nc(C)c(C)c3C)nn2)cc1. The molecular formula is C24H24N6O2. The summed E-state index contributed by atoms with van der Waals surface area (Å²) < 4.78 is 7.04. The van der Waals surface area contributed by atoms with Gasteiger partial charge in [-0.3, -0.25) is 4.79 Å². The Morgan fingerprint density at radius 2 is 1.62 bits per heavy atom. The van der Waals surface area contributed by atoms with Gasteiger partial charge in [0.05, 0.1) is 18.4 Å². The normalized spacial score (nSPS) is 10.6. The number of hydrogen-bond donors (Lipinski definition) is 2. The Morgan fingerprint density at radius 3 is 2.25 bits per heavy atom. The fourth-order valence-electron chi connectivity index (χ4n) is 3.26. The lowest BCUT2D eigenvalue weighted by Crippen LogP contribution is -2.13. The zero-order valence-corrected chi connectivity index (χ0v) is 18.4. The van der Waals surface area contributed by atoms with E-state index in [1.165, 1.54) is 0 Å². The van der Waals surface area contributed by atoms with Crippen LogP contribution in [-0.4, -0.2) is 33.0 Å². The number of carbonyl (C=O) groups excluding carboxylic acids is 1. The number of aromatic nitrogens is 4. The highest BCUT2D eigenvalue weighted by molar-refractivity contribution is 6.06. The number of para-hydroxylation sites is 1. The molecule has 8 nitrogen and oxygen atoms in total. The summed E-state index contributed by atoms with van der Waals surface area (Å²) in [5, 5.41) is 19.1. The van der Waals surface area contributed by atoms with Gasteiger partial charge >= 0.3 is 0 Å². The molecule has 0 aliphatic carbocycles. The summed E-state index contributed by atoms with van der Waals surface area (Å²) in [4.78, 5) is 12.5. The first-order chi connectivity index (χ1) is 15.5. The Morgan fingerprint density at radius 1 is 0.906 bits per heavy atom. The molecule has 1 amide bonds. The van der Waals surface area contributed by atoms with Gasteiger partial charge in [0.15, 0.2) is 11.6 Å². The monoisotopic (exact) mass is 428 g/mol. The highest BCUT2D eigenvalue weighted by atomic mass is 16.5. The lowest BCUT2D eigenvalue weighted by Gasteiger charge is -2.10. The Balaban J connectivity index is 1.42. The summed E-state index contributed by atoms with van der Waals surface area (Å²) in [6.45, 7) is 6.03. The summed E-state index contributed by atoms with van der Waals surface area (Å²) in [5.41, 5.74) is 5.14. The number of ether oxygens (including phenoxy) is 1. The second-order valence-electron chi connectivity index (χ2n) is 7.34. The lowest BCUT2D eigenvalue weighted by atomic mass is 10.2. The molecule has 0 bridgehead atoms. The zero-order chi connectivity index (χ0) is 22.7. The molecule has 0 fully saturated rings. The van der Waals surface area contributed by atoms with Gasteiger partial charge < -0.3 is 15.4 Å². The second-order valence-corrected chi connectivity index (χ2v) is 7.34. The molecular weight excluding hydrogens is 404 g/mol. The number of nitrogens with one attached hydrogen (secondary N) is 2. The molecule has 4 rings (SSSR count). The van der Waals surface area contributed by atoms with E-state index >= 15 is 0 Å². The Kier molecular flexibility index (Phi) is 5.85. The standard InChI is InChI=1S/C24H24N6O2/c1-15-16(2)29-30(17(15)3)23-14-13-22(27-28-23)25-18-9-11-19(12-10-18)26-24(31)20-7-5-6-8-21(20)32-4/h5-14H,1-4H3,(H,25,27)(H,26,31). The topological polar surface area (TPSA) is 94.0 Å². The van der Waals surface area contributed by atoms with Crippen molar-refractivity contribution in [2.24, 2.45) is 0 Å². The number of nitrogens with zero attached hydrogens (tertiary/aromatic N) is 4. The molecule has 0 saturated carbocycles. The number of carbonyl (C=O) groups is 1. The van der Waals surface area contributed by atoms with E-state index in [1.54, 1.807) is 30.0 Å². The van der Waals surface area contributed by atoms with Gasteiger partial charge in [0.1, 0.15) is 5.75 Å². The summed E-state index contributed by atoms with van der Waals surface area (Å²) in [6, 6.07) is 18.2. The van der Waals surface area contributed by atoms with Crippen LogP contribution >= 0.6 is 0 Å². The van der Waals surface area contributed by atoms with Crippen molar-refractivity contribution in [3.05, 3.63) is 83.2 Å². The van der Waals surface area contributed by atoms with Gasteiger partial charge in [0, 0.05) is 17.1 Å². The number of methoxy groups -OCH3 is 1. The van der Waals surface area contributed by atoms with E-state index in [0.29, 0.717) is 28.6 Å². The maximum absolute atomic E-state index is 12.5. The number of anilines is 3. The Hall–Kier alpha value is -4.20. The van der Waals surface area contributed by atoms with Crippen LogP contribution in [0.1, 0.15) is 27.3 Å². The van der Waals surface area contributed by atoms with Crippen molar-refractivity contribution in [1.82, 2.24) is 20.0 Å². The third-order valence-electron chi connectivity index (χ3n) is 5.29. The largest absolute Gasteiger partial charge is 0.496 e. The number of hydrogen-bond acceptors (Lipinski definition) is 6. The van der Waals surface area contributed by atoms with Crippen LogP contribution in [0.15, 0.2) is 60.7 Å². The van der Waals surface area contributed by atoms with Gasteiger partial charge in [-0.2, -0.15) is 5.10 Å².